The van der Waals surface area contributed by atoms with Crippen LogP contribution in [0, 0.1) is 0 Å². The number of hydrogen-bond donors (Lipinski definition) is 1. The third-order valence-corrected chi connectivity index (χ3v) is 3.83. The van der Waals surface area contributed by atoms with Crippen molar-refractivity contribution in [2.45, 2.75) is 13.3 Å². The average Bonchev–Trinajstić information content (AvgIpc) is 2.65. The molecule has 0 unspecified atom stereocenters. The SMILES string of the molecule is C=N/C(=C\N(C)CCc1ccccc1OCC)c1cc(C(N)=O)ccn1. The van der Waals surface area contributed by atoms with Crippen molar-refractivity contribution in [1.29, 1.82) is 0 Å². The van der Waals surface area contributed by atoms with Crippen LogP contribution in [0.2, 0.25) is 0 Å². The van der Waals surface area contributed by atoms with E-state index >= 15 is 0 Å². The Morgan fingerprint density at radius 3 is 2.85 bits per heavy atom. The number of carbonyl (C=O) groups excluding carboxylic acids is 1. The molecule has 6 nitrogen and oxygen atoms in total. The van der Waals surface area contributed by atoms with Crippen LogP contribution >= 0.6 is 0 Å². The van der Waals surface area contributed by atoms with Crippen molar-refractivity contribution in [2.24, 2.45) is 10.7 Å². The molecule has 0 atom stereocenters. The van der Waals surface area contributed by atoms with Crippen LogP contribution in [0.4, 0.5) is 0 Å². The van der Waals surface area contributed by atoms with E-state index in [0.29, 0.717) is 23.6 Å². The van der Waals surface area contributed by atoms with Gasteiger partial charge in [0.15, 0.2) is 0 Å². The predicted molar refractivity (Wildman–Crippen MR) is 104 cm³/mol. The van der Waals surface area contributed by atoms with Crippen molar-refractivity contribution >= 4 is 18.3 Å². The molecule has 0 aliphatic heterocycles. The Labute approximate surface area is 154 Å². The third-order valence-electron chi connectivity index (χ3n) is 3.83. The molecule has 2 N–H and O–H groups in total. The summed E-state index contributed by atoms with van der Waals surface area (Å²) in [5, 5.41) is 0. The second kappa shape index (κ2) is 9.36. The molecular weight excluding hydrogens is 328 g/mol. The fourth-order valence-electron chi connectivity index (χ4n) is 2.49. The van der Waals surface area contributed by atoms with Crippen molar-refractivity contribution in [3.05, 3.63) is 65.6 Å². The topological polar surface area (TPSA) is 80.8 Å². The first-order valence-electron chi connectivity index (χ1n) is 8.40. The summed E-state index contributed by atoms with van der Waals surface area (Å²) in [7, 11) is 1.95. The molecule has 1 aromatic carbocycles. The lowest BCUT2D eigenvalue weighted by atomic mass is 10.1. The molecule has 0 bridgehead atoms. The quantitative estimate of drug-likeness (QED) is 0.704. The second-order valence-corrected chi connectivity index (χ2v) is 5.74. The fourth-order valence-corrected chi connectivity index (χ4v) is 2.49. The Morgan fingerprint density at radius 2 is 2.15 bits per heavy atom. The smallest absolute Gasteiger partial charge is 0.248 e. The van der Waals surface area contributed by atoms with Crippen LogP contribution in [0.3, 0.4) is 0 Å². The molecule has 0 fully saturated rings. The first-order chi connectivity index (χ1) is 12.5. The van der Waals surface area contributed by atoms with E-state index in [4.69, 9.17) is 10.5 Å². The van der Waals surface area contributed by atoms with Crippen molar-refractivity contribution in [3.63, 3.8) is 0 Å². The number of hydrogen-bond acceptors (Lipinski definition) is 5. The number of aliphatic imine (C=N–C) groups is 1. The van der Waals surface area contributed by atoms with E-state index in [2.05, 4.69) is 22.8 Å². The number of nitrogens with two attached hydrogens (primary N) is 1. The highest BCUT2D eigenvalue weighted by atomic mass is 16.5. The highest BCUT2D eigenvalue weighted by Gasteiger charge is 2.08. The first kappa shape index (κ1) is 19.2. The molecule has 1 aromatic heterocycles. The molecule has 0 saturated carbocycles. The lowest BCUT2D eigenvalue weighted by molar-refractivity contribution is 0.1000. The van der Waals surface area contributed by atoms with Crippen LogP contribution in [0.25, 0.3) is 5.70 Å². The molecule has 1 heterocycles. The lowest BCUT2D eigenvalue weighted by Crippen LogP contribution is -2.16. The van der Waals surface area contributed by atoms with E-state index in [0.717, 1.165) is 24.3 Å². The van der Waals surface area contributed by atoms with E-state index in [1.54, 1.807) is 12.1 Å². The Morgan fingerprint density at radius 1 is 1.38 bits per heavy atom. The van der Waals surface area contributed by atoms with E-state index in [1.807, 2.05) is 43.3 Å². The number of nitrogens with zero attached hydrogens (tertiary/aromatic N) is 3. The van der Waals surface area contributed by atoms with Crippen LogP contribution in [-0.2, 0) is 6.42 Å². The van der Waals surface area contributed by atoms with Gasteiger partial charge >= 0.3 is 0 Å². The molecule has 0 aliphatic rings. The molecule has 2 aromatic rings. The fraction of sp³-hybridized carbons (Fsp3) is 0.250. The number of carbonyl (C=O) groups is 1. The van der Waals surface area contributed by atoms with Gasteiger partial charge < -0.3 is 15.4 Å². The van der Waals surface area contributed by atoms with Crippen LogP contribution in [0.1, 0.15) is 28.5 Å². The Hall–Kier alpha value is -3.15. The maximum absolute atomic E-state index is 11.3. The van der Waals surface area contributed by atoms with Gasteiger partial charge in [-0.3, -0.25) is 14.8 Å². The van der Waals surface area contributed by atoms with Gasteiger partial charge in [0.1, 0.15) is 11.4 Å². The molecule has 0 aliphatic carbocycles. The van der Waals surface area contributed by atoms with Crippen LogP contribution in [0.5, 0.6) is 5.75 Å². The molecule has 1 amide bonds. The summed E-state index contributed by atoms with van der Waals surface area (Å²) in [6, 6.07) is 11.2. The number of benzene rings is 1. The van der Waals surface area contributed by atoms with Crippen molar-refractivity contribution in [1.82, 2.24) is 9.88 Å². The zero-order valence-corrected chi connectivity index (χ0v) is 15.2. The number of rotatable bonds is 9. The highest BCUT2D eigenvalue weighted by Crippen LogP contribution is 2.19. The van der Waals surface area contributed by atoms with Gasteiger partial charge in [0.05, 0.1) is 12.3 Å². The van der Waals surface area contributed by atoms with Crippen molar-refractivity contribution < 1.29 is 9.53 Å². The van der Waals surface area contributed by atoms with E-state index in [1.165, 1.54) is 6.20 Å². The average molecular weight is 352 g/mol. The zero-order chi connectivity index (χ0) is 18.9. The normalized spacial score (nSPS) is 11.1. The third kappa shape index (κ3) is 5.17. The molecule has 0 saturated heterocycles. The van der Waals surface area contributed by atoms with Gasteiger partial charge in [0.2, 0.25) is 5.91 Å². The van der Waals surface area contributed by atoms with E-state index in [9.17, 15) is 4.79 Å². The number of pyridine rings is 1. The van der Waals surface area contributed by atoms with Crippen LogP contribution in [0.15, 0.2) is 53.8 Å². The Kier molecular flexibility index (Phi) is 6.91. The molecule has 26 heavy (non-hydrogen) atoms. The maximum Gasteiger partial charge on any atom is 0.248 e. The first-order valence-corrected chi connectivity index (χ1v) is 8.40. The molecule has 0 radical (unpaired) electrons. The summed E-state index contributed by atoms with van der Waals surface area (Å²) in [5.74, 6) is 0.406. The molecule has 136 valence electrons. The molecular formula is C20H24N4O2. The minimum atomic E-state index is -0.502. The summed E-state index contributed by atoms with van der Waals surface area (Å²) in [6.45, 7) is 6.97. The maximum atomic E-state index is 11.3. The Bertz CT molecular complexity index is 802. The van der Waals surface area contributed by atoms with Crippen LogP contribution < -0.4 is 10.5 Å². The summed E-state index contributed by atoms with van der Waals surface area (Å²) < 4.78 is 5.66. The van der Waals surface area contributed by atoms with E-state index < -0.39 is 5.91 Å². The Balaban J connectivity index is 2.11. The summed E-state index contributed by atoms with van der Waals surface area (Å²) in [5.41, 5.74) is 7.99. The summed E-state index contributed by atoms with van der Waals surface area (Å²) in [4.78, 5) is 21.6. The number of aromatic nitrogens is 1. The highest BCUT2D eigenvalue weighted by molar-refractivity contribution is 5.93. The van der Waals surface area contributed by atoms with Gasteiger partial charge in [-0.1, -0.05) is 18.2 Å². The van der Waals surface area contributed by atoms with E-state index in [-0.39, 0.29) is 0 Å². The number of amides is 1. The van der Waals surface area contributed by atoms with Gasteiger partial charge in [-0.2, -0.15) is 0 Å². The minimum absolute atomic E-state index is 0.387. The van der Waals surface area contributed by atoms with Gasteiger partial charge in [0.25, 0.3) is 0 Å². The molecule has 2 rings (SSSR count). The monoisotopic (exact) mass is 352 g/mol. The van der Waals surface area contributed by atoms with Gasteiger partial charge in [0, 0.05) is 31.6 Å². The zero-order valence-electron chi connectivity index (χ0n) is 15.2. The summed E-state index contributed by atoms with van der Waals surface area (Å²) >= 11 is 0. The standard InChI is InChI=1S/C20H24N4O2/c1-4-26-19-8-6-5-7-15(19)10-12-24(3)14-18(22-2)17-13-16(20(21)25)9-11-23-17/h5-9,11,13-14H,2,4,10,12H2,1,3H3,(H2,21,25)/b18-14-. The van der Waals surface area contributed by atoms with Gasteiger partial charge in [-0.05, 0) is 43.8 Å². The molecule has 6 heteroatoms. The second-order valence-electron chi connectivity index (χ2n) is 5.74. The number of primary amides is 1. The minimum Gasteiger partial charge on any atom is -0.494 e. The predicted octanol–water partition coefficient (Wildman–Crippen LogP) is 2.75. The van der Waals surface area contributed by atoms with Gasteiger partial charge in [-0.25, -0.2) is 0 Å². The van der Waals surface area contributed by atoms with Crippen molar-refractivity contribution in [3.8, 4) is 5.75 Å². The van der Waals surface area contributed by atoms with Crippen LogP contribution in [-0.4, -0.2) is 42.7 Å². The molecule has 0 spiro atoms. The van der Waals surface area contributed by atoms with Gasteiger partial charge in [-0.15, -0.1) is 0 Å². The summed E-state index contributed by atoms with van der Waals surface area (Å²) in [6.07, 6.45) is 4.21. The lowest BCUT2D eigenvalue weighted by Gasteiger charge is -2.17. The number of ether oxygens (including phenoxy) is 1. The van der Waals surface area contributed by atoms with Crippen molar-refractivity contribution in [2.75, 3.05) is 20.2 Å². The number of likely N-dealkylation sites (N-methyl/N-ethyl adjacent to an activating group) is 1. The largest absolute Gasteiger partial charge is 0.494 e. The number of para-hydroxylation sites is 1.